The zero-order valence-corrected chi connectivity index (χ0v) is 13.4. The topological polar surface area (TPSA) is 64.8 Å². The Kier molecular flexibility index (Phi) is 3.57. The molecule has 2 saturated carbocycles. The maximum atomic E-state index is 11.7. The molecule has 1 heterocycles. The summed E-state index contributed by atoms with van der Waals surface area (Å²) in [6.07, 6.45) is 4.90. The predicted octanol–water partition coefficient (Wildman–Crippen LogP) is 2.77. The predicted molar refractivity (Wildman–Crippen MR) is 76.1 cm³/mol. The van der Waals surface area contributed by atoms with Crippen molar-refractivity contribution in [3.8, 4) is 0 Å². The SMILES string of the molecule is CC(C)Cn1c(C2CC3CCC2C3)nnc1S(=O)(=O)Cl. The van der Waals surface area contributed by atoms with Crippen molar-refractivity contribution >= 4 is 19.7 Å². The van der Waals surface area contributed by atoms with Gasteiger partial charge in [0.15, 0.2) is 0 Å². The van der Waals surface area contributed by atoms with E-state index in [-0.39, 0.29) is 5.16 Å². The van der Waals surface area contributed by atoms with Crippen molar-refractivity contribution in [2.24, 2.45) is 17.8 Å². The highest BCUT2D eigenvalue weighted by atomic mass is 35.7. The molecule has 0 N–H and O–H groups in total. The van der Waals surface area contributed by atoms with E-state index in [1.165, 1.54) is 19.3 Å². The smallest absolute Gasteiger partial charge is 0.296 e. The first kappa shape index (κ1) is 14.3. The number of fused-ring (bicyclic) bond motifs is 2. The van der Waals surface area contributed by atoms with Crippen LogP contribution >= 0.6 is 10.7 Å². The Bertz CT molecular complexity index is 611. The molecular formula is C13H20ClN3O2S. The summed E-state index contributed by atoms with van der Waals surface area (Å²) < 4.78 is 25.1. The monoisotopic (exact) mass is 317 g/mol. The second-order valence-electron chi connectivity index (χ2n) is 6.56. The average Bonchev–Trinajstić information content (AvgIpc) is 2.99. The molecule has 3 unspecified atom stereocenters. The number of aromatic nitrogens is 3. The minimum absolute atomic E-state index is 0.0920. The van der Waals surface area contributed by atoms with E-state index in [1.54, 1.807) is 4.57 Å². The highest BCUT2D eigenvalue weighted by Crippen LogP contribution is 2.52. The van der Waals surface area contributed by atoms with E-state index < -0.39 is 9.05 Å². The average molecular weight is 318 g/mol. The summed E-state index contributed by atoms with van der Waals surface area (Å²) in [6.45, 7) is 4.70. The summed E-state index contributed by atoms with van der Waals surface area (Å²) in [5, 5.41) is 7.96. The Balaban J connectivity index is 2.00. The number of hydrogen-bond acceptors (Lipinski definition) is 4. The van der Waals surface area contributed by atoms with Crippen LogP contribution in [-0.4, -0.2) is 23.2 Å². The lowest BCUT2D eigenvalue weighted by atomic mass is 9.88. The number of hydrogen-bond donors (Lipinski definition) is 0. The molecule has 0 radical (unpaired) electrons. The molecule has 0 amide bonds. The van der Waals surface area contributed by atoms with Crippen molar-refractivity contribution in [3.63, 3.8) is 0 Å². The van der Waals surface area contributed by atoms with E-state index in [0.29, 0.717) is 24.3 Å². The van der Waals surface area contributed by atoms with E-state index in [0.717, 1.165) is 18.2 Å². The Labute approximate surface area is 124 Å². The van der Waals surface area contributed by atoms with E-state index in [1.807, 2.05) is 0 Å². The number of rotatable bonds is 4. The molecule has 0 aliphatic heterocycles. The molecule has 0 aromatic carbocycles. The molecule has 112 valence electrons. The summed E-state index contributed by atoms with van der Waals surface area (Å²) >= 11 is 0. The van der Waals surface area contributed by atoms with Crippen LogP contribution in [0.4, 0.5) is 0 Å². The highest BCUT2D eigenvalue weighted by molar-refractivity contribution is 8.13. The number of nitrogens with zero attached hydrogens (tertiary/aromatic N) is 3. The molecule has 20 heavy (non-hydrogen) atoms. The van der Waals surface area contributed by atoms with Gasteiger partial charge in [-0.05, 0) is 37.0 Å². The summed E-state index contributed by atoms with van der Waals surface area (Å²) in [4.78, 5) is 0. The molecule has 3 rings (SSSR count). The van der Waals surface area contributed by atoms with Crippen LogP contribution in [0.25, 0.3) is 0 Å². The lowest BCUT2D eigenvalue weighted by Crippen LogP contribution is -2.18. The third-order valence-corrected chi connectivity index (χ3v) is 5.73. The summed E-state index contributed by atoms with van der Waals surface area (Å²) in [7, 11) is 1.66. The zero-order chi connectivity index (χ0) is 14.5. The lowest BCUT2D eigenvalue weighted by molar-refractivity contribution is 0.376. The number of halogens is 1. The van der Waals surface area contributed by atoms with E-state index >= 15 is 0 Å². The van der Waals surface area contributed by atoms with E-state index in [2.05, 4.69) is 24.0 Å². The fourth-order valence-corrected chi connectivity index (χ4v) is 4.76. The van der Waals surface area contributed by atoms with Crippen LogP contribution in [0.5, 0.6) is 0 Å². The van der Waals surface area contributed by atoms with Gasteiger partial charge in [0, 0.05) is 23.1 Å². The molecule has 2 aliphatic rings. The summed E-state index contributed by atoms with van der Waals surface area (Å²) in [5.41, 5.74) is 0. The maximum Gasteiger partial charge on any atom is 0.296 e. The summed E-state index contributed by atoms with van der Waals surface area (Å²) in [5.74, 6) is 2.92. The first-order valence-electron chi connectivity index (χ1n) is 7.24. The largest absolute Gasteiger partial charge is 0.300 e. The highest BCUT2D eigenvalue weighted by Gasteiger charge is 2.43. The van der Waals surface area contributed by atoms with Crippen molar-refractivity contribution < 1.29 is 8.42 Å². The Morgan fingerprint density at radius 2 is 2.05 bits per heavy atom. The van der Waals surface area contributed by atoms with Crippen molar-refractivity contribution in [3.05, 3.63) is 5.82 Å². The molecule has 1 aromatic heterocycles. The molecule has 2 aliphatic carbocycles. The van der Waals surface area contributed by atoms with Gasteiger partial charge in [-0.3, -0.25) is 0 Å². The molecule has 7 heteroatoms. The van der Waals surface area contributed by atoms with Crippen molar-refractivity contribution in [2.75, 3.05) is 0 Å². The van der Waals surface area contributed by atoms with Crippen LogP contribution in [0.2, 0.25) is 0 Å². The van der Waals surface area contributed by atoms with Gasteiger partial charge in [-0.1, -0.05) is 20.3 Å². The third-order valence-electron chi connectivity index (χ3n) is 4.58. The molecule has 1 aromatic rings. The molecule has 5 nitrogen and oxygen atoms in total. The maximum absolute atomic E-state index is 11.7. The first-order chi connectivity index (χ1) is 9.36. The van der Waals surface area contributed by atoms with Crippen LogP contribution < -0.4 is 0 Å². The fourth-order valence-electron chi connectivity index (χ4n) is 3.85. The molecule has 2 bridgehead atoms. The zero-order valence-electron chi connectivity index (χ0n) is 11.8. The van der Waals surface area contributed by atoms with Crippen molar-refractivity contribution in [2.45, 2.75) is 57.1 Å². The van der Waals surface area contributed by atoms with Crippen LogP contribution in [0, 0.1) is 17.8 Å². The van der Waals surface area contributed by atoms with Gasteiger partial charge >= 0.3 is 0 Å². The Morgan fingerprint density at radius 1 is 1.30 bits per heavy atom. The van der Waals surface area contributed by atoms with Crippen LogP contribution in [0.3, 0.4) is 0 Å². The van der Waals surface area contributed by atoms with Gasteiger partial charge in [0.1, 0.15) is 5.82 Å². The lowest BCUT2D eigenvalue weighted by Gasteiger charge is -2.22. The summed E-state index contributed by atoms with van der Waals surface area (Å²) in [6, 6.07) is 0. The van der Waals surface area contributed by atoms with E-state index in [4.69, 9.17) is 10.7 Å². The van der Waals surface area contributed by atoms with Crippen molar-refractivity contribution in [1.82, 2.24) is 14.8 Å². The van der Waals surface area contributed by atoms with Crippen LogP contribution in [0.15, 0.2) is 5.16 Å². The van der Waals surface area contributed by atoms with Gasteiger partial charge in [0.2, 0.25) is 0 Å². The minimum Gasteiger partial charge on any atom is -0.300 e. The van der Waals surface area contributed by atoms with Crippen molar-refractivity contribution in [1.29, 1.82) is 0 Å². The van der Waals surface area contributed by atoms with Gasteiger partial charge in [0.25, 0.3) is 14.2 Å². The van der Waals surface area contributed by atoms with E-state index in [9.17, 15) is 8.42 Å². The second-order valence-corrected chi connectivity index (χ2v) is 9.02. The molecule has 0 spiro atoms. The third kappa shape index (κ3) is 2.48. The van der Waals surface area contributed by atoms with Gasteiger partial charge in [0.05, 0.1) is 0 Å². The molecule has 0 saturated heterocycles. The Hall–Kier alpha value is -0.620. The fraction of sp³-hybridized carbons (Fsp3) is 0.846. The Morgan fingerprint density at radius 3 is 2.55 bits per heavy atom. The molecular weight excluding hydrogens is 298 g/mol. The first-order valence-corrected chi connectivity index (χ1v) is 9.55. The molecule has 3 atom stereocenters. The van der Waals surface area contributed by atoms with Gasteiger partial charge in [-0.2, -0.15) is 0 Å². The minimum atomic E-state index is -3.84. The quantitative estimate of drug-likeness (QED) is 0.801. The van der Waals surface area contributed by atoms with Gasteiger partial charge < -0.3 is 4.57 Å². The standard InChI is InChI=1S/C13H20ClN3O2S/c1-8(2)7-17-12(15-16-13(17)20(14,18)19)11-6-9-3-4-10(11)5-9/h8-11H,3-7H2,1-2H3. The van der Waals surface area contributed by atoms with Gasteiger partial charge in [-0.25, -0.2) is 8.42 Å². The second kappa shape index (κ2) is 4.98. The normalized spacial score (nSPS) is 29.5. The molecule has 2 fully saturated rings. The van der Waals surface area contributed by atoms with Crippen LogP contribution in [0.1, 0.15) is 51.3 Å². The van der Waals surface area contributed by atoms with Crippen LogP contribution in [-0.2, 0) is 15.6 Å². The van der Waals surface area contributed by atoms with Gasteiger partial charge in [-0.15, -0.1) is 10.2 Å².